The summed E-state index contributed by atoms with van der Waals surface area (Å²) in [5.74, 6) is 0. The molecule has 0 saturated carbocycles. The molecule has 1 aromatic heterocycles. The molecule has 0 bridgehead atoms. The van der Waals surface area contributed by atoms with E-state index in [1.165, 1.54) is 0 Å². The fourth-order valence-electron chi connectivity index (χ4n) is 1.96. The van der Waals surface area contributed by atoms with Gasteiger partial charge in [-0.25, -0.2) is 4.98 Å². The quantitative estimate of drug-likeness (QED) is 0.754. The molecule has 1 saturated heterocycles. The molecule has 2 atom stereocenters. The van der Waals surface area contributed by atoms with Crippen molar-refractivity contribution in [2.24, 2.45) is 0 Å². The van der Waals surface area contributed by atoms with Crippen molar-refractivity contribution >= 4 is 25.4 Å². The Labute approximate surface area is 96.4 Å². The van der Waals surface area contributed by atoms with E-state index in [1.54, 1.807) is 0 Å². The minimum atomic E-state index is -0.0582. The van der Waals surface area contributed by atoms with Crippen LogP contribution < -0.4 is 10.6 Å². The summed E-state index contributed by atoms with van der Waals surface area (Å²) in [5, 5.41) is 5.54. The summed E-state index contributed by atoms with van der Waals surface area (Å²) in [6, 6.07) is 10.3. The highest BCUT2D eigenvalue weighted by Crippen LogP contribution is 2.19. The standard InChI is InChI=1S/C12H13N2OP/c16-10-7-8-3-1-2-4-9(8)14-11(10)12-13-5-6-15-12/h1-4,7,12-13H,5-6,16H2. The molecule has 1 N–H and O–H groups in total. The van der Waals surface area contributed by atoms with E-state index in [4.69, 9.17) is 4.74 Å². The average Bonchev–Trinajstić information content (AvgIpc) is 2.81. The molecule has 1 aromatic carbocycles. The normalized spacial score (nSPS) is 20.4. The van der Waals surface area contributed by atoms with Gasteiger partial charge in [0.15, 0.2) is 6.23 Å². The first-order valence-corrected chi connectivity index (χ1v) is 5.92. The number of aromatic nitrogens is 1. The third kappa shape index (κ3) is 1.71. The molecule has 0 spiro atoms. The van der Waals surface area contributed by atoms with E-state index in [0.717, 1.165) is 35.1 Å². The van der Waals surface area contributed by atoms with Crippen molar-refractivity contribution in [3.8, 4) is 0 Å². The summed E-state index contributed by atoms with van der Waals surface area (Å²) in [7, 11) is 2.73. The Kier molecular flexibility index (Phi) is 2.60. The summed E-state index contributed by atoms with van der Waals surface area (Å²) in [4.78, 5) is 4.65. The van der Waals surface area contributed by atoms with Crippen LogP contribution in [0.3, 0.4) is 0 Å². The molecule has 3 rings (SSSR count). The summed E-state index contributed by atoms with van der Waals surface area (Å²) in [6.45, 7) is 1.65. The van der Waals surface area contributed by atoms with Gasteiger partial charge >= 0.3 is 0 Å². The number of rotatable bonds is 1. The van der Waals surface area contributed by atoms with Crippen molar-refractivity contribution in [2.45, 2.75) is 6.23 Å². The van der Waals surface area contributed by atoms with Crippen molar-refractivity contribution in [3.05, 3.63) is 36.0 Å². The summed E-state index contributed by atoms with van der Waals surface area (Å²) < 4.78 is 5.58. The van der Waals surface area contributed by atoms with Gasteiger partial charge in [-0.2, -0.15) is 0 Å². The fourth-order valence-corrected chi connectivity index (χ4v) is 2.35. The molecule has 2 aromatic rings. The Morgan fingerprint density at radius 2 is 2.25 bits per heavy atom. The topological polar surface area (TPSA) is 34.2 Å². The largest absolute Gasteiger partial charge is 0.356 e. The molecule has 3 nitrogen and oxygen atoms in total. The molecule has 0 aliphatic carbocycles. The Hall–Kier alpha value is -1.02. The van der Waals surface area contributed by atoms with Crippen LogP contribution in [0, 0.1) is 0 Å². The number of nitrogens with one attached hydrogen (secondary N) is 1. The molecule has 16 heavy (non-hydrogen) atoms. The van der Waals surface area contributed by atoms with Gasteiger partial charge in [-0.05, 0) is 17.4 Å². The molecular weight excluding hydrogens is 219 g/mol. The van der Waals surface area contributed by atoms with Gasteiger partial charge in [0.2, 0.25) is 0 Å². The van der Waals surface area contributed by atoms with Crippen LogP contribution in [-0.4, -0.2) is 18.1 Å². The maximum Gasteiger partial charge on any atom is 0.152 e. The smallest absolute Gasteiger partial charge is 0.152 e. The van der Waals surface area contributed by atoms with Gasteiger partial charge in [0.1, 0.15) is 0 Å². The number of fused-ring (bicyclic) bond motifs is 1. The molecule has 1 aliphatic heterocycles. The average molecular weight is 232 g/mol. The van der Waals surface area contributed by atoms with Crippen LogP contribution in [0.25, 0.3) is 10.9 Å². The van der Waals surface area contributed by atoms with Crippen LogP contribution >= 0.6 is 9.24 Å². The third-order valence-corrected chi connectivity index (χ3v) is 3.21. The lowest BCUT2D eigenvalue weighted by Crippen LogP contribution is -2.20. The number of ether oxygens (including phenoxy) is 1. The van der Waals surface area contributed by atoms with Gasteiger partial charge in [-0.15, -0.1) is 9.24 Å². The zero-order chi connectivity index (χ0) is 11.0. The van der Waals surface area contributed by atoms with Crippen molar-refractivity contribution in [1.82, 2.24) is 10.3 Å². The molecule has 82 valence electrons. The van der Waals surface area contributed by atoms with Crippen molar-refractivity contribution in [1.29, 1.82) is 0 Å². The molecule has 2 heterocycles. The Balaban J connectivity index is 2.13. The van der Waals surface area contributed by atoms with Crippen LogP contribution in [0.15, 0.2) is 30.3 Å². The van der Waals surface area contributed by atoms with E-state index in [9.17, 15) is 0 Å². The second-order valence-corrected chi connectivity index (χ2v) is 4.48. The van der Waals surface area contributed by atoms with Crippen molar-refractivity contribution in [3.63, 3.8) is 0 Å². The Morgan fingerprint density at radius 3 is 3.06 bits per heavy atom. The third-order valence-electron chi connectivity index (χ3n) is 2.75. The lowest BCUT2D eigenvalue weighted by Gasteiger charge is -2.13. The first-order valence-electron chi connectivity index (χ1n) is 5.35. The van der Waals surface area contributed by atoms with E-state index in [0.29, 0.717) is 0 Å². The van der Waals surface area contributed by atoms with Crippen molar-refractivity contribution < 1.29 is 4.74 Å². The van der Waals surface area contributed by atoms with Gasteiger partial charge in [0.25, 0.3) is 0 Å². The number of nitrogens with zero attached hydrogens (tertiary/aromatic N) is 1. The van der Waals surface area contributed by atoms with Crippen molar-refractivity contribution in [2.75, 3.05) is 13.2 Å². The molecule has 2 unspecified atom stereocenters. The zero-order valence-corrected chi connectivity index (χ0v) is 9.97. The van der Waals surface area contributed by atoms with E-state index >= 15 is 0 Å². The minimum absolute atomic E-state index is 0.0582. The Bertz CT molecular complexity index is 523. The zero-order valence-electron chi connectivity index (χ0n) is 8.81. The highest BCUT2D eigenvalue weighted by molar-refractivity contribution is 7.27. The SMILES string of the molecule is Pc1cc2ccccc2nc1C1NCCO1. The highest BCUT2D eigenvalue weighted by Gasteiger charge is 2.20. The Morgan fingerprint density at radius 1 is 1.38 bits per heavy atom. The van der Waals surface area contributed by atoms with Crippen LogP contribution in [0.5, 0.6) is 0 Å². The van der Waals surface area contributed by atoms with E-state index in [1.807, 2.05) is 18.2 Å². The maximum absolute atomic E-state index is 5.58. The second-order valence-electron chi connectivity index (χ2n) is 3.86. The predicted molar refractivity (Wildman–Crippen MR) is 67.8 cm³/mol. The summed E-state index contributed by atoms with van der Waals surface area (Å²) in [6.07, 6.45) is -0.0582. The lowest BCUT2D eigenvalue weighted by atomic mass is 10.2. The lowest BCUT2D eigenvalue weighted by molar-refractivity contribution is 0.0997. The maximum atomic E-state index is 5.58. The van der Waals surface area contributed by atoms with Crippen LogP contribution in [0.4, 0.5) is 0 Å². The van der Waals surface area contributed by atoms with Gasteiger partial charge in [0.05, 0.1) is 17.8 Å². The number of pyridine rings is 1. The molecule has 1 fully saturated rings. The minimum Gasteiger partial charge on any atom is -0.356 e. The van der Waals surface area contributed by atoms with Gasteiger partial charge < -0.3 is 4.74 Å². The van der Waals surface area contributed by atoms with Crippen LogP contribution in [0.1, 0.15) is 11.9 Å². The van der Waals surface area contributed by atoms with Gasteiger partial charge in [-0.3, -0.25) is 5.32 Å². The number of benzene rings is 1. The van der Waals surface area contributed by atoms with E-state index in [2.05, 4.69) is 31.7 Å². The van der Waals surface area contributed by atoms with Crippen LogP contribution in [0.2, 0.25) is 0 Å². The number of hydrogen-bond acceptors (Lipinski definition) is 3. The molecular formula is C12H13N2OP. The summed E-state index contributed by atoms with van der Waals surface area (Å²) >= 11 is 0. The van der Waals surface area contributed by atoms with Gasteiger partial charge in [-0.1, -0.05) is 18.2 Å². The first kappa shape index (κ1) is 10.2. The molecule has 1 aliphatic rings. The first-order chi connectivity index (χ1) is 7.84. The van der Waals surface area contributed by atoms with E-state index in [-0.39, 0.29) is 6.23 Å². The fraction of sp³-hybridized carbons (Fsp3) is 0.250. The highest BCUT2D eigenvalue weighted by atomic mass is 31.0. The monoisotopic (exact) mass is 232 g/mol. The second kappa shape index (κ2) is 4.10. The van der Waals surface area contributed by atoms with Crippen LogP contribution in [-0.2, 0) is 4.74 Å². The summed E-state index contributed by atoms with van der Waals surface area (Å²) in [5.41, 5.74) is 1.99. The number of hydrogen-bond donors (Lipinski definition) is 1. The van der Waals surface area contributed by atoms with Gasteiger partial charge in [0, 0.05) is 11.9 Å². The molecule has 4 heteroatoms. The molecule has 0 amide bonds. The predicted octanol–water partition coefficient (Wildman–Crippen LogP) is 1.35. The van der Waals surface area contributed by atoms with E-state index < -0.39 is 0 Å². The number of para-hydroxylation sites is 1. The molecule has 0 radical (unpaired) electrons.